The van der Waals surface area contributed by atoms with Crippen molar-refractivity contribution < 1.29 is 0 Å². The summed E-state index contributed by atoms with van der Waals surface area (Å²) in [5, 5.41) is 1.42. The van der Waals surface area contributed by atoms with Crippen molar-refractivity contribution in [2.24, 2.45) is 0 Å². The molecule has 1 aliphatic rings. The predicted octanol–water partition coefficient (Wildman–Crippen LogP) is 3.51. The van der Waals surface area contributed by atoms with Crippen LogP contribution < -0.4 is 0 Å². The van der Waals surface area contributed by atoms with Crippen LogP contribution >= 0.6 is 11.3 Å². The van der Waals surface area contributed by atoms with Gasteiger partial charge in [-0.05, 0) is 35.9 Å². The Morgan fingerprint density at radius 2 is 2.29 bits per heavy atom. The first kappa shape index (κ1) is 8.08. The largest absolute Gasteiger partial charge is 0.126 e. The average Bonchev–Trinajstić information content (AvgIpc) is 2.54. The molecule has 0 saturated heterocycles. The van der Waals surface area contributed by atoms with Gasteiger partial charge in [0.05, 0.1) is 4.88 Å². The maximum Gasteiger partial charge on any atom is 0.0813 e. The Hall–Kier alpha value is -1.26. The zero-order valence-corrected chi connectivity index (χ0v) is 8.87. The molecule has 0 amide bonds. The smallest absolute Gasteiger partial charge is 0.0813 e. The van der Waals surface area contributed by atoms with Crippen LogP contribution in [0.15, 0.2) is 18.2 Å². The second kappa shape index (κ2) is 2.87. The van der Waals surface area contributed by atoms with Crippen LogP contribution in [0.1, 0.15) is 22.4 Å². The zero-order valence-electron chi connectivity index (χ0n) is 8.05. The van der Waals surface area contributed by atoms with E-state index < -0.39 is 0 Å². The van der Waals surface area contributed by atoms with Crippen molar-refractivity contribution in [1.82, 2.24) is 0 Å². The van der Waals surface area contributed by atoms with Crippen LogP contribution in [0.3, 0.4) is 0 Å². The minimum Gasteiger partial charge on any atom is -0.126 e. The molecule has 0 spiro atoms. The molecule has 1 aromatic heterocycles. The van der Waals surface area contributed by atoms with Crippen molar-refractivity contribution in [2.45, 2.75) is 19.8 Å². The highest BCUT2D eigenvalue weighted by molar-refractivity contribution is 7.19. The van der Waals surface area contributed by atoms with Gasteiger partial charge in [-0.15, -0.1) is 11.3 Å². The van der Waals surface area contributed by atoms with Crippen molar-refractivity contribution >= 4 is 21.4 Å². The Labute approximate surface area is 87.6 Å². The van der Waals surface area contributed by atoms with E-state index in [-0.39, 0.29) is 0 Å². The van der Waals surface area contributed by atoms with Gasteiger partial charge in [-0.1, -0.05) is 24.0 Å². The van der Waals surface area contributed by atoms with E-state index in [4.69, 9.17) is 0 Å². The fraction of sp³-hybridized carbons (Fsp3) is 0.231. The standard InChI is InChI=1S/C13H10S/c1-9-6-7-11-10-4-2-3-5-12(10)14-13(11)8-9/h6-8H,2,4H2,1H3. The molecule has 2 aromatic rings. The Morgan fingerprint density at radius 3 is 3.21 bits per heavy atom. The molecule has 0 bridgehead atoms. The second-order valence-electron chi connectivity index (χ2n) is 3.71. The van der Waals surface area contributed by atoms with E-state index in [1.54, 1.807) is 0 Å². The molecule has 0 nitrogen and oxygen atoms in total. The van der Waals surface area contributed by atoms with Gasteiger partial charge in [-0.3, -0.25) is 0 Å². The minimum absolute atomic E-state index is 1.02. The Kier molecular flexibility index (Phi) is 1.65. The summed E-state index contributed by atoms with van der Waals surface area (Å²) in [6.45, 7) is 2.14. The average molecular weight is 198 g/mol. The van der Waals surface area contributed by atoms with Gasteiger partial charge >= 0.3 is 0 Å². The summed E-state index contributed by atoms with van der Waals surface area (Å²) >= 11 is 1.84. The highest BCUT2D eigenvalue weighted by Crippen LogP contribution is 2.33. The van der Waals surface area contributed by atoms with Gasteiger partial charge in [0.1, 0.15) is 0 Å². The molecule has 1 aromatic carbocycles. The van der Waals surface area contributed by atoms with Crippen molar-refractivity contribution in [2.75, 3.05) is 0 Å². The molecule has 68 valence electrons. The maximum absolute atomic E-state index is 3.24. The van der Waals surface area contributed by atoms with Gasteiger partial charge in [0.15, 0.2) is 0 Å². The third-order valence-electron chi connectivity index (χ3n) is 2.65. The predicted molar refractivity (Wildman–Crippen MR) is 61.8 cm³/mol. The summed E-state index contributed by atoms with van der Waals surface area (Å²) in [6.07, 6.45) is 2.15. The molecule has 1 aliphatic carbocycles. The van der Waals surface area contributed by atoms with E-state index in [2.05, 4.69) is 37.0 Å². The first-order valence-corrected chi connectivity index (χ1v) is 5.67. The quantitative estimate of drug-likeness (QED) is 0.568. The summed E-state index contributed by atoms with van der Waals surface area (Å²) in [6, 6.07) is 6.70. The van der Waals surface area contributed by atoms with Crippen LogP contribution in [0, 0.1) is 18.8 Å². The van der Waals surface area contributed by atoms with Crippen LogP contribution in [0.25, 0.3) is 10.1 Å². The maximum atomic E-state index is 3.24. The first-order valence-electron chi connectivity index (χ1n) is 4.85. The van der Waals surface area contributed by atoms with Gasteiger partial charge in [-0.25, -0.2) is 0 Å². The second-order valence-corrected chi connectivity index (χ2v) is 4.76. The molecule has 14 heavy (non-hydrogen) atoms. The molecule has 0 radical (unpaired) electrons. The third-order valence-corrected chi connectivity index (χ3v) is 3.76. The molecule has 0 aliphatic heterocycles. The summed E-state index contributed by atoms with van der Waals surface area (Å²) in [7, 11) is 0. The molecule has 0 fully saturated rings. The van der Waals surface area contributed by atoms with E-state index in [1.807, 2.05) is 11.3 Å². The van der Waals surface area contributed by atoms with Gasteiger partial charge in [-0.2, -0.15) is 0 Å². The SMILES string of the molecule is Cc1ccc2c3c(sc2c1)C#CCC3. The van der Waals surface area contributed by atoms with Crippen LogP contribution in [0.2, 0.25) is 0 Å². The lowest BCUT2D eigenvalue weighted by molar-refractivity contribution is 1.03. The zero-order chi connectivity index (χ0) is 9.54. The number of thiophene rings is 1. The van der Waals surface area contributed by atoms with Gasteiger partial charge in [0.25, 0.3) is 0 Å². The first-order chi connectivity index (χ1) is 6.84. The Bertz CT molecular complexity index is 564. The van der Waals surface area contributed by atoms with Gasteiger partial charge in [0.2, 0.25) is 0 Å². The monoisotopic (exact) mass is 198 g/mol. The van der Waals surface area contributed by atoms with Crippen LogP contribution in [-0.2, 0) is 6.42 Å². The highest BCUT2D eigenvalue weighted by Gasteiger charge is 2.11. The molecule has 0 atom stereocenters. The van der Waals surface area contributed by atoms with Gasteiger partial charge in [0, 0.05) is 11.1 Å². The van der Waals surface area contributed by atoms with E-state index in [1.165, 1.54) is 26.1 Å². The molecule has 0 unspecified atom stereocenters. The molecule has 1 heterocycles. The van der Waals surface area contributed by atoms with Crippen molar-refractivity contribution in [1.29, 1.82) is 0 Å². The molecule has 1 heteroatoms. The van der Waals surface area contributed by atoms with E-state index in [0.717, 1.165) is 12.8 Å². The number of fused-ring (bicyclic) bond motifs is 3. The van der Waals surface area contributed by atoms with Gasteiger partial charge < -0.3 is 0 Å². The number of rotatable bonds is 0. The van der Waals surface area contributed by atoms with E-state index in [9.17, 15) is 0 Å². The third kappa shape index (κ3) is 1.08. The van der Waals surface area contributed by atoms with Crippen molar-refractivity contribution in [3.8, 4) is 11.8 Å². The summed E-state index contributed by atoms with van der Waals surface area (Å²) in [5.41, 5.74) is 2.81. The Morgan fingerprint density at radius 1 is 1.36 bits per heavy atom. The van der Waals surface area contributed by atoms with Crippen molar-refractivity contribution in [3.05, 3.63) is 34.2 Å². The van der Waals surface area contributed by atoms with Crippen LogP contribution in [0.5, 0.6) is 0 Å². The van der Waals surface area contributed by atoms with E-state index >= 15 is 0 Å². The number of hydrogen-bond donors (Lipinski definition) is 0. The molecule has 0 N–H and O–H groups in total. The minimum atomic E-state index is 1.02. The fourth-order valence-corrected chi connectivity index (χ4v) is 3.16. The summed E-state index contributed by atoms with van der Waals surface area (Å²) < 4.78 is 1.39. The number of aryl methyl sites for hydroxylation is 2. The normalized spacial score (nSPS) is 13.5. The molecule has 0 saturated carbocycles. The topological polar surface area (TPSA) is 0 Å². The van der Waals surface area contributed by atoms with Crippen LogP contribution in [-0.4, -0.2) is 0 Å². The summed E-state index contributed by atoms with van der Waals surface area (Å²) in [4.78, 5) is 1.29. The van der Waals surface area contributed by atoms with Crippen molar-refractivity contribution in [3.63, 3.8) is 0 Å². The Balaban J connectivity index is 2.40. The number of benzene rings is 1. The molecule has 3 rings (SSSR count). The van der Waals surface area contributed by atoms with Crippen LogP contribution in [0.4, 0.5) is 0 Å². The lowest BCUT2D eigenvalue weighted by Gasteiger charge is -2.00. The lowest BCUT2D eigenvalue weighted by atomic mass is 10.0. The molecular formula is C13H10S. The lowest BCUT2D eigenvalue weighted by Crippen LogP contribution is -1.89. The fourth-order valence-electron chi connectivity index (χ4n) is 1.94. The summed E-state index contributed by atoms with van der Waals surface area (Å²) in [5.74, 6) is 6.42. The van der Waals surface area contributed by atoms with E-state index in [0.29, 0.717) is 0 Å². The number of hydrogen-bond acceptors (Lipinski definition) is 1. The highest BCUT2D eigenvalue weighted by atomic mass is 32.1. The molecular weight excluding hydrogens is 188 g/mol.